The highest BCUT2D eigenvalue weighted by atomic mass is 16.2. The molecule has 0 aliphatic carbocycles. The molecule has 1 aliphatic rings. The zero-order chi connectivity index (χ0) is 20.1. The van der Waals surface area contributed by atoms with Crippen molar-refractivity contribution in [2.45, 2.75) is 6.54 Å². The van der Waals surface area contributed by atoms with Crippen LogP contribution in [0.15, 0.2) is 48.5 Å². The summed E-state index contributed by atoms with van der Waals surface area (Å²) in [7, 11) is 5.96. The lowest BCUT2D eigenvalue weighted by Crippen LogP contribution is -2.47. The molecule has 2 aromatic carbocycles. The summed E-state index contributed by atoms with van der Waals surface area (Å²) in [5, 5.41) is 2.94. The van der Waals surface area contributed by atoms with Gasteiger partial charge in [-0.2, -0.15) is 0 Å². The van der Waals surface area contributed by atoms with E-state index in [1.807, 2.05) is 66.4 Å². The standard InChI is InChI=1S/C22H28N4O2/c1-24(2)20-6-4-5-19(15-20)21(27)23-16-17-7-9-18(10-8-17)22(28)26-13-11-25(3)12-14-26/h4-10,15H,11-14,16H2,1-3H3,(H,23,27). The summed E-state index contributed by atoms with van der Waals surface area (Å²) >= 11 is 0. The van der Waals surface area contributed by atoms with Crippen LogP contribution in [0.25, 0.3) is 0 Å². The molecule has 0 spiro atoms. The topological polar surface area (TPSA) is 55.9 Å². The summed E-state index contributed by atoms with van der Waals surface area (Å²) in [4.78, 5) is 31.1. The van der Waals surface area contributed by atoms with E-state index >= 15 is 0 Å². The minimum absolute atomic E-state index is 0.0733. The van der Waals surface area contributed by atoms with E-state index in [0.717, 1.165) is 37.4 Å². The Morgan fingerprint density at radius 2 is 1.64 bits per heavy atom. The molecule has 3 rings (SSSR count). The lowest BCUT2D eigenvalue weighted by Gasteiger charge is -2.32. The number of benzene rings is 2. The third-order valence-corrected chi connectivity index (χ3v) is 5.07. The Labute approximate surface area is 166 Å². The molecule has 0 atom stereocenters. The molecule has 0 unspecified atom stereocenters. The summed E-state index contributed by atoms with van der Waals surface area (Å²) in [6, 6.07) is 15.0. The predicted molar refractivity (Wildman–Crippen MR) is 112 cm³/mol. The van der Waals surface area contributed by atoms with Gasteiger partial charge in [0.05, 0.1) is 0 Å². The smallest absolute Gasteiger partial charge is 0.253 e. The van der Waals surface area contributed by atoms with E-state index in [9.17, 15) is 9.59 Å². The van der Waals surface area contributed by atoms with Crippen molar-refractivity contribution in [3.63, 3.8) is 0 Å². The SMILES string of the molecule is CN1CCN(C(=O)c2ccc(CNC(=O)c3cccc(N(C)C)c3)cc2)CC1. The first-order valence-corrected chi connectivity index (χ1v) is 9.56. The molecule has 1 N–H and O–H groups in total. The minimum atomic E-state index is -0.110. The Balaban J connectivity index is 1.56. The number of hydrogen-bond acceptors (Lipinski definition) is 4. The zero-order valence-corrected chi connectivity index (χ0v) is 16.8. The molecule has 1 fully saturated rings. The summed E-state index contributed by atoms with van der Waals surface area (Å²) in [6.45, 7) is 3.77. The van der Waals surface area contributed by atoms with Crippen molar-refractivity contribution < 1.29 is 9.59 Å². The molecule has 1 saturated heterocycles. The number of amides is 2. The number of nitrogens with one attached hydrogen (secondary N) is 1. The molecule has 28 heavy (non-hydrogen) atoms. The second-order valence-corrected chi connectivity index (χ2v) is 7.42. The van der Waals surface area contributed by atoms with Gasteiger partial charge in [0, 0.05) is 63.6 Å². The van der Waals surface area contributed by atoms with Crippen LogP contribution in [0.1, 0.15) is 26.3 Å². The number of piperazine rings is 1. The number of carbonyl (C=O) groups is 2. The fourth-order valence-electron chi connectivity index (χ4n) is 3.17. The fourth-order valence-corrected chi connectivity index (χ4v) is 3.17. The van der Waals surface area contributed by atoms with Gasteiger partial charge in [-0.1, -0.05) is 18.2 Å². The highest BCUT2D eigenvalue weighted by Crippen LogP contribution is 2.14. The fraction of sp³-hybridized carbons (Fsp3) is 0.364. The molecule has 6 nitrogen and oxygen atoms in total. The van der Waals surface area contributed by atoms with Crippen LogP contribution in [-0.2, 0) is 6.54 Å². The molecule has 0 saturated carbocycles. The maximum Gasteiger partial charge on any atom is 0.253 e. The van der Waals surface area contributed by atoms with Crippen LogP contribution in [-0.4, -0.2) is 68.9 Å². The normalized spacial score (nSPS) is 14.6. The Hall–Kier alpha value is -2.86. The predicted octanol–water partition coefficient (Wildman–Crippen LogP) is 2.07. The molecule has 0 bridgehead atoms. The maximum absolute atomic E-state index is 12.6. The average Bonchev–Trinajstić information content (AvgIpc) is 2.72. The van der Waals surface area contributed by atoms with Gasteiger partial charge in [-0.15, -0.1) is 0 Å². The maximum atomic E-state index is 12.6. The van der Waals surface area contributed by atoms with Crippen molar-refractivity contribution in [3.05, 3.63) is 65.2 Å². The quantitative estimate of drug-likeness (QED) is 0.863. The van der Waals surface area contributed by atoms with Crippen molar-refractivity contribution in [3.8, 4) is 0 Å². The summed E-state index contributed by atoms with van der Waals surface area (Å²) in [5.41, 5.74) is 3.28. The van der Waals surface area contributed by atoms with E-state index in [2.05, 4.69) is 17.3 Å². The number of likely N-dealkylation sites (N-methyl/N-ethyl adjacent to an activating group) is 1. The number of anilines is 1. The van der Waals surface area contributed by atoms with E-state index < -0.39 is 0 Å². The zero-order valence-electron chi connectivity index (χ0n) is 16.8. The molecule has 1 aliphatic heterocycles. The number of nitrogens with zero attached hydrogens (tertiary/aromatic N) is 3. The third-order valence-electron chi connectivity index (χ3n) is 5.07. The Bertz CT molecular complexity index is 825. The number of carbonyl (C=O) groups excluding carboxylic acids is 2. The van der Waals surface area contributed by atoms with Crippen LogP contribution in [0.3, 0.4) is 0 Å². The highest BCUT2D eigenvalue weighted by molar-refractivity contribution is 5.95. The summed E-state index contributed by atoms with van der Waals surface area (Å²) in [5.74, 6) is -0.0366. The van der Waals surface area contributed by atoms with Gasteiger partial charge in [0.15, 0.2) is 0 Å². The molecular formula is C22H28N4O2. The van der Waals surface area contributed by atoms with Crippen molar-refractivity contribution in [1.29, 1.82) is 0 Å². The monoisotopic (exact) mass is 380 g/mol. The third kappa shape index (κ3) is 4.89. The van der Waals surface area contributed by atoms with Crippen LogP contribution in [0.5, 0.6) is 0 Å². The van der Waals surface area contributed by atoms with Crippen LogP contribution >= 0.6 is 0 Å². The van der Waals surface area contributed by atoms with Gasteiger partial charge in [-0.25, -0.2) is 0 Å². The highest BCUT2D eigenvalue weighted by Gasteiger charge is 2.20. The van der Waals surface area contributed by atoms with E-state index in [1.165, 1.54) is 0 Å². The molecule has 0 aromatic heterocycles. The van der Waals surface area contributed by atoms with Crippen molar-refractivity contribution in [2.75, 3.05) is 52.2 Å². The van der Waals surface area contributed by atoms with Crippen molar-refractivity contribution in [2.24, 2.45) is 0 Å². The average molecular weight is 380 g/mol. The van der Waals surface area contributed by atoms with Gasteiger partial charge in [-0.05, 0) is 42.9 Å². The first kappa shape index (κ1) is 19.9. The Morgan fingerprint density at radius 1 is 0.964 bits per heavy atom. The van der Waals surface area contributed by atoms with Gasteiger partial charge in [0.1, 0.15) is 0 Å². The summed E-state index contributed by atoms with van der Waals surface area (Å²) in [6.07, 6.45) is 0. The molecule has 148 valence electrons. The minimum Gasteiger partial charge on any atom is -0.378 e. The van der Waals surface area contributed by atoms with Gasteiger partial charge in [-0.3, -0.25) is 9.59 Å². The van der Waals surface area contributed by atoms with Gasteiger partial charge in [0.25, 0.3) is 11.8 Å². The summed E-state index contributed by atoms with van der Waals surface area (Å²) < 4.78 is 0. The van der Waals surface area contributed by atoms with Gasteiger partial charge >= 0.3 is 0 Å². The van der Waals surface area contributed by atoms with E-state index in [4.69, 9.17) is 0 Å². The first-order valence-electron chi connectivity index (χ1n) is 9.56. The first-order chi connectivity index (χ1) is 13.4. The largest absolute Gasteiger partial charge is 0.378 e. The molecular weight excluding hydrogens is 352 g/mol. The van der Waals surface area contributed by atoms with Gasteiger partial charge in [0.2, 0.25) is 0 Å². The molecule has 0 radical (unpaired) electrons. The lowest BCUT2D eigenvalue weighted by atomic mass is 10.1. The molecule has 2 amide bonds. The van der Waals surface area contributed by atoms with Crippen molar-refractivity contribution >= 4 is 17.5 Å². The second kappa shape index (κ2) is 8.89. The van der Waals surface area contributed by atoms with Crippen LogP contribution < -0.4 is 10.2 Å². The molecule has 1 heterocycles. The van der Waals surface area contributed by atoms with Crippen molar-refractivity contribution in [1.82, 2.24) is 15.1 Å². The Morgan fingerprint density at radius 3 is 2.29 bits per heavy atom. The van der Waals surface area contributed by atoms with E-state index in [0.29, 0.717) is 17.7 Å². The lowest BCUT2D eigenvalue weighted by molar-refractivity contribution is 0.0664. The second-order valence-electron chi connectivity index (χ2n) is 7.42. The Kier molecular flexibility index (Phi) is 6.31. The molecule has 6 heteroatoms. The van der Waals surface area contributed by atoms with Crippen LogP contribution in [0.2, 0.25) is 0 Å². The molecule has 2 aromatic rings. The number of hydrogen-bond donors (Lipinski definition) is 1. The van der Waals surface area contributed by atoms with Gasteiger partial charge < -0.3 is 20.0 Å². The van der Waals surface area contributed by atoms with Crippen LogP contribution in [0, 0.1) is 0 Å². The van der Waals surface area contributed by atoms with Crippen LogP contribution in [0.4, 0.5) is 5.69 Å². The van der Waals surface area contributed by atoms with E-state index in [1.54, 1.807) is 6.07 Å². The van der Waals surface area contributed by atoms with E-state index in [-0.39, 0.29) is 11.8 Å². The number of rotatable bonds is 5.